The Hall–Kier alpha value is -1.52. The maximum atomic E-state index is 4.31. The van der Waals surface area contributed by atoms with E-state index in [4.69, 9.17) is 0 Å². The normalized spacial score (nSPS) is 11.2. The Morgan fingerprint density at radius 3 is 2.92 bits per heavy atom. The summed E-state index contributed by atoms with van der Waals surface area (Å²) in [6, 6.07) is 0. The second-order valence-corrected chi connectivity index (χ2v) is 2.92. The standard InChI is InChI=1S/C7H9N5/c1-5(2)6-3-9-12-7(10-6)4-8-11-12/h3-5H,1-2H3. The highest BCUT2D eigenvalue weighted by atomic mass is 15.5. The third kappa shape index (κ3) is 1.03. The molecule has 12 heavy (non-hydrogen) atoms. The minimum absolute atomic E-state index is 0.386. The van der Waals surface area contributed by atoms with Crippen LogP contribution in [0.3, 0.4) is 0 Å². The van der Waals surface area contributed by atoms with Crippen molar-refractivity contribution >= 4 is 5.65 Å². The monoisotopic (exact) mass is 163 g/mol. The Labute approximate surface area is 69.4 Å². The van der Waals surface area contributed by atoms with Gasteiger partial charge in [-0.25, -0.2) is 4.98 Å². The quantitative estimate of drug-likeness (QED) is 0.619. The van der Waals surface area contributed by atoms with Gasteiger partial charge in [0.2, 0.25) is 0 Å². The predicted molar refractivity (Wildman–Crippen MR) is 42.7 cm³/mol. The van der Waals surface area contributed by atoms with Gasteiger partial charge in [0, 0.05) is 0 Å². The molecule has 2 rings (SSSR count). The SMILES string of the molecule is CC(C)c1cnn2nncc2n1. The summed E-state index contributed by atoms with van der Waals surface area (Å²) in [5.41, 5.74) is 1.66. The fourth-order valence-corrected chi connectivity index (χ4v) is 0.933. The number of aromatic nitrogens is 5. The van der Waals surface area contributed by atoms with Crippen molar-refractivity contribution in [1.82, 2.24) is 25.0 Å². The number of fused-ring (bicyclic) bond motifs is 1. The molecule has 0 atom stereocenters. The third-order valence-corrected chi connectivity index (χ3v) is 1.65. The first-order valence-electron chi connectivity index (χ1n) is 3.81. The Kier molecular flexibility index (Phi) is 1.49. The lowest BCUT2D eigenvalue weighted by atomic mass is 10.1. The smallest absolute Gasteiger partial charge is 0.196 e. The number of hydrogen-bond acceptors (Lipinski definition) is 4. The van der Waals surface area contributed by atoms with Crippen LogP contribution in [0, 0.1) is 0 Å². The van der Waals surface area contributed by atoms with Gasteiger partial charge in [-0.1, -0.05) is 13.8 Å². The third-order valence-electron chi connectivity index (χ3n) is 1.65. The second-order valence-electron chi connectivity index (χ2n) is 2.92. The van der Waals surface area contributed by atoms with Gasteiger partial charge >= 0.3 is 0 Å². The molecule has 0 aliphatic heterocycles. The van der Waals surface area contributed by atoms with E-state index in [0.717, 1.165) is 5.69 Å². The minimum Gasteiger partial charge on any atom is -0.229 e. The summed E-state index contributed by atoms with van der Waals surface area (Å²) in [6.07, 6.45) is 3.31. The molecule has 0 fully saturated rings. The van der Waals surface area contributed by atoms with E-state index < -0.39 is 0 Å². The molecule has 0 spiro atoms. The summed E-state index contributed by atoms with van der Waals surface area (Å²) in [7, 11) is 0. The van der Waals surface area contributed by atoms with Crippen molar-refractivity contribution in [3.63, 3.8) is 0 Å². The number of nitrogens with zero attached hydrogens (tertiary/aromatic N) is 5. The average Bonchev–Trinajstić information content (AvgIpc) is 2.49. The fraction of sp³-hybridized carbons (Fsp3) is 0.429. The van der Waals surface area contributed by atoms with Gasteiger partial charge in [-0.15, -0.1) is 9.73 Å². The maximum Gasteiger partial charge on any atom is 0.196 e. The Bertz CT molecular complexity index is 391. The van der Waals surface area contributed by atoms with E-state index in [1.54, 1.807) is 12.4 Å². The average molecular weight is 163 g/mol. The molecule has 5 nitrogen and oxygen atoms in total. The largest absolute Gasteiger partial charge is 0.229 e. The van der Waals surface area contributed by atoms with Gasteiger partial charge < -0.3 is 0 Å². The van der Waals surface area contributed by atoms with Crippen molar-refractivity contribution in [1.29, 1.82) is 0 Å². The lowest BCUT2D eigenvalue weighted by Gasteiger charge is -2.01. The summed E-state index contributed by atoms with van der Waals surface area (Å²) < 4.78 is 1.41. The topological polar surface area (TPSA) is 56.0 Å². The highest BCUT2D eigenvalue weighted by molar-refractivity contribution is 5.31. The molecule has 0 saturated heterocycles. The van der Waals surface area contributed by atoms with Gasteiger partial charge in [0.15, 0.2) is 5.65 Å². The number of hydrogen-bond donors (Lipinski definition) is 0. The summed E-state index contributed by atoms with van der Waals surface area (Å²) in [4.78, 5) is 4.31. The molecule has 2 heterocycles. The summed E-state index contributed by atoms with van der Waals surface area (Å²) in [6.45, 7) is 4.15. The second kappa shape index (κ2) is 2.51. The van der Waals surface area contributed by atoms with E-state index in [0.29, 0.717) is 11.6 Å². The maximum absolute atomic E-state index is 4.31. The fourth-order valence-electron chi connectivity index (χ4n) is 0.933. The van der Waals surface area contributed by atoms with E-state index in [9.17, 15) is 0 Å². The molecular weight excluding hydrogens is 154 g/mol. The van der Waals surface area contributed by atoms with Crippen molar-refractivity contribution in [2.75, 3.05) is 0 Å². The Morgan fingerprint density at radius 1 is 1.33 bits per heavy atom. The van der Waals surface area contributed by atoms with E-state index >= 15 is 0 Å². The van der Waals surface area contributed by atoms with E-state index in [1.165, 1.54) is 4.63 Å². The van der Waals surface area contributed by atoms with Crippen molar-refractivity contribution in [3.05, 3.63) is 18.1 Å². The molecule has 2 aromatic rings. The molecule has 0 N–H and O–H groups in total. The summed E-state index contributed by atoms with van der Waals surface area (Å²) >= 11 is 0. The lowest BCUT2D eigenvalue weighted by Crippen LogP contribution is -2.00. The zero-order valence-corrected chi connectivity index (χ0v) is 6.97. The first kappa shape index (κ1) is 7.15. The highest BCUT2D eigenvalue weighted by Crippen LogP contribution is 2.09. The highest BCUT2D eigenvalue weighted by Gasteiger charge is 2.03. The molecule has 0 aliphatic carbocycles. The van der Waals surface area contributed by atoms with Crippen LogP contribution in [0.2, 0.25) is 0 Å². The van der Waals surface area contributed by atoms with Crippen molar-refractivity contribution in [2.45, 2.75) is 19.8 Å². The zero-order valence-electron chi connectivity index (χ0n) is 6.97. The van der Waals surface area contributed by atoms with Crippen LogP contribution in [0.15, 0.2) is 12.4 Å². The molecule has 0 bridgehead atoms. The summed E-state index contributed by atoms with van der Waals surface area (Å²) in [5.74, 6) is 0.386. The lowest BCUT2D eigenvalue weighted by molar-refractivity contribution is 0.706. The molecule has 0 aliphatic rings. The Morgan fingerprint density at radius 2 is 2.17 bits per heavy atom. The van der Waals surface area contributed by atoms with E-state index in [2.05, 4.69) is 34.2 Å². The van der Waals surface area contributed by atoms with Gasteiger partial charge in [-0.05, 0) is 11.1 Å². The van der Waals surface area contributed by atoms with Crippen LogP contribution >= 0.6 is 0 Å². The van der Waals surface area contributed by atoms with Crippen LogP contribution in [-0.2, 0) is 0 Å². The van der Waals surface area contributed by atoms with Crippen molar-refractivity contribution in [2.24, 2.45) is 0 Å². The molecule has 0 saturated carbocycles. The van der Waals surface area contributed by atoms with Crippen LogP contribution in [0.25, 0.3) is 5.65 Å². The minimum atomic E-state index is 0.386. The van der Waals surface area contributed by atoms with Gasteiger partial charge in [0.1, 0.15) is 0 Å². The first-order valence-corrected chi connectivity index (χ1v) is 3.81. The van der Waals surface area contributed by atoms with Crippen LogP contribution in [0.1, 0.15) is 25.5 Å². The van der Waals surface area contributed by atoms with Gasteiger partial charge in [-0.2, -0.15) is 5.10 Å². The zero-order chi connectivity index (χ0) is 8.55. The van der Waals surface area contributed by atoms with Crippen LogP contribution < -0.4 is 0 Å². The van der Waals surface area contributed by atoms with E-state index in [1.807, 2.05) is 0 Å². The summed E-state index contributed by atoms with van der Waals surface area (Å²) in [5, 5.41) is 11.4. The molecule has 2 aromatic heterocycles. The molecule has 0 unspecified atom stereocenters. The van der Waals surface area contributed by atoms with Gasteiger partial charge in [0.25, 0.3) is 0 Å². The van der Waals surface area contributed by atoms with Crippen molar-refractivity contribution < 1.29 is 0 Å². The molecule has 0 radical (unpaired) electrons. The van der Waals surface area contributed by atoms with Crippen LogP contribution in [-0.4, -0.2) is 25.0 Å². The molecule has 0 aromatic carbocycles. The molecular formula is C7H9N5. The van der Waals surface area contributed by atoms with E-state index in [-0.39, 0.29) is 0 Å². The number of rotatable bonds is 1. The molecule has 0 amide bonds. The van der Waals surface area contributed by atoms with Crippen LogP contribution in [0.5, 0.6) is 0 Å². The molecule has 62 valence electrons. The molecule has 5 heteroatoms. The van der Waals surface area contributed by atoms with Crippen molar-refractivity contribution in [3.8, 4) is 0 Å². The Balaban J connectivity index is 2.60. The van der Waals surface area contributed by atoms with Crippen LogP contribution in [0.4, 0.5) is 0 Å². The predicted octanol–water partition coefficient (Wildman–Crippen LogP) is 0.643. The van der Waals surface area contributed by atoms with Gasteiger partial charge in [0.05, 0.1) is 18.1 Å². The van der Waals surface area contributed by atoms with Gasteiger partial charge in [-0.3, -0.25) is 0 Å². The first-order chi connectivity index (χ1) is 5.77.